The fraction of sp³-hybridized carbons (Fsp3) is 0.667. The Morgan fingerprint density at radius 1 is 0.638 bits per heavy atom. The highest BCUT2D eigenvalue weighted by atomic mass is 16.4. The first-order valence-electron chi connectivity index (χ1n) is 16.6. The summed E-state index contributed by atoms with van der Waals surface area (Å²) >= 11 is 0. The molecule has 0 unspecified atom stereocenters. The normalized spacial score (nSPS) is 14.5. The summed E-state index contributed by atoms with van der Waals surface area (Å²) in [6.45, 7) is 8.39. The number of phenols is 1. The molecule has 0 radical (unpaired) electrons. The van der Waals surface area contributed by atoms with E-state index >= 15 is 0 Å². The molecule has 266 valence electrons. The number of aliphatic carboxylic acids is 1. The van der Waals surface area contributed by atoms with Crippen LogP contribution in [-0.2, 0) is 30.4 Å². The average molecular weight is 664 g/mol. The minimum absolute atomic E-state index is 0.0253. The van der Waals surface area contributed by atoms with Gasteiger partial charge in [-0.05, 0) is 87.6 Å². The predicted octanol–water partition coefficient (Wildman–Crippen LogP) is 0.636. The molecule has 14 heteroatoms. The van der Waals surface area contributed by atoms with Crippen LogP contribution in [0.4, 0.5) is 0 Å². The second-order valence-electron chi connectivity index (χ2n) is 12.9. The van der Waals surface area contributed by atoms with Gasteiger partial charge in [0.1, 0.15) is 29.9 Å². The third-order valence-electron chi connectivity index (χ3n) is 7.56. The SMILES string of the molecule is CC(C)C[C@H](NC(=O)[C@H](CCCCN)NC(=O)[C@H](CC(C)C)NC(=O)[C@@H](N)CCCCN)C(=O)N[C@@H](Cc1ccc(O)cc1)C(=O)O. The Kier molecular flexibility index (Phi) is 19.3. The first-order valence-corrected chi connectivity index (χ1v) is 16.6. The topological polar surface area (TPSA) is 252 Å². The molecular weight excluding hydrogens is 606 g/mol. The third kappa shape index (κ3) is 16.6. The molecule has 0 aliphatic rings. The van der Waals surface area contributed by atoms with Gasteiger partial charge in [-0.3, -0.25) is 19.2 Å². The van der Waals surface area contributed by atoms with Crippen molar-refractivity contribution >= 4 is 29.6 Å². The number of amides is 4. The van der Waals surface area contributed by atoms with Crippen LogP contribution in [-0.4, -0.2) is 83.1 Å². The van der Waals surface area contributed by atoms with Gasteiger partial charge < -0.3 is 48.7 Å². The Balaban J connectivity index is 3.13. The summed E-state index contributed by atoms with van der Waals surface area (Å²) in [6, 6.07) is 0.779. The first-order chi connectivity index (χ1) is 22.2. The average Bonchev–Trinajstić information content (AvgIpc) is 2.99. The number of phenolic OH excluding ortho intramolecular Hbond substituents is 1. The molecule has 47 heavy (non-hydrogen) atoms. The number of unbranched alkanes of at least 4 members (excludes halogenated alkanes) is 2. The zero-order chi connectivity index (χ0) is 35.5. The number of benzene rings is 1. The highest BCUT2D eigenvalue weighted by molar-refractivity contribution is 5.95. The Hall–Kier alpha value is -3.75. The van der Waals surface area contributed by atoms with Crippen molar-refractivity contribution in [3.8, 4) is 5.75 Å². The second kappa shape index (κ2) is 21.9. The van der Waals surface area contributed by atoms with Crippen molar-refractivity contribution in [1.82, 2.24) is 21.3 Å². The maximum atomic E-state index is 13.6. The monoisotopic (exact) mass is 663 g/mol. The molecule has 4 amide bonds. The molecule has 0 fully saturated rings. The first kappa shape index (κ1) is 41.3. The number of nitrogens with two attached hydrogens (primary N) is 3. The van der Waals surface area contributed by atoms with Crippen LogP contribution in [0.2, 0.25) is 0 Å². The van der Waals surface area contributed by atoms with Crippen molar-refractivity contribution in [3.63, 3.8) is 0 Å². The number of carbonyl (C=O) groups is 5. The summed E-state index contributed by atoms with van der Waals surface area (Å²) in [7, 11) is 0. The maximum Gasteiger partial charge on any atom is 0.326 e. The summed E-state index contributed by atoms with van der Waals surface area (Å²) in [5.41, 5.74) is 17.8. The van der Waals surface area contributed by atoms with E-state index in [4.69, 9.17) is 17.2 Å². The Bertz CT molecular complexity index is 1130. The van der Waals surface area contributed by atoms with Gasteiger partial charge >= 0.3 is 5.97 Å². The summed E-state index contributed by atoms with van der Waals surface area (Å²) in [5.74, 6) is -3.57. The zero-order valence-electron chi connectivity index (χ0n) is 28.3. The molecule has 14 nitrogen and oxygen atoms in total. The molecule has 0 saturated carbocycles. The highest BCUT2D eigenvalue weighted by Gasteiger charge is 2.32. The van der Waals surface area contributed by atoms with Crippen molar-refractivity contribution in [1.29, 1.82) is 0 Å². The Morgan fingerprint density at radius 3 is 1.53 bits per heavy atom. The van der Waals surface area contributed by atoms with E-state index in [0.29, 0.717) is 50.8 Å². The number of carboxylic acid groups (broad SMARTS) is 1. The lowest BCUT2D eigenvalue weighted by atomic mass is 9.99. The van der Waals surface area contributed by atoms with Crippen LogP contribution in [0.25, 0.3) is 0 Å². The molecule has 1 aromatic carbocycles. The maximum absolute atomic E-state index is 13.6. The van der Waals surface area contributed by atoms with Crippen LogP contribution in [0.1, 0.15) is 84.6 Å². The van der Waals surface area contributed by atoms with E-state index in [1.54, 1.807) is 12.1 Å². The predicted molar refractivity (Wildman–Crippen MR) is 180 cm³/mol. The van der Waals surface area contributed by atoms with Crippen molar-refractivity contribution in [2.45, 2.75) is 116 Å². The van der Waals surface area contributed by atoms with Crippen molar-refractivity contribution in [3.05, 3.63) is 29.8 Å². The number of carbonyl (C=O) groups excluding carboxylic acids is 4. The highest BCUT2D eigenvalue weighted by Crippen LogP contribution is 2.13. The third-order valence-corrected chi connectivity index (χ3v) is 7.56. The molecule has 0 saturated heterocycles. The van der Waals surface area contributed by atoms with Gasteiger partial charge in [0.05, 0.1) is 6.04 Å². The molecule has 12 N–H and O–H groups in total. The van der Waals surface area contributed by atoms with Gasteiger partial charge in [0.25, 0.3) is 0 Å². The minimum Gasteiger partial charge on any atom is -0.508 e. The van der Waals surface area contributed by atoms with Gasteiger partial charge in [0.15, 0.2) is 0 Å². The second-order valence-corrected chi connectivity index (χ2v) is 12.9. The molecule has 0 bridgehead atoms. The number of aromatic hydroxyl groups is 1. The van der Waals surface area contributed by atoms with Gasteiger partial charge in [-0.1, -0.05) is 46.2 Å². The minimum atomic E-state index is -1.29. The lowest BCUT2D eigenvalue weighted by molar-refractivity contribution is -0.142. The molecule has 1 aromatic rings. The molecule has 5 atom stereocenters. The quantitative estimate of drug-likeness (QED) is 0.0739. The van der Waals surface area contributed by atoms with Crippen LogP contribution in [0.3, 0.4) is 0 Å². The van der Waals surface area contributed by atoms with Crippen LogP contribution in [0.15, 0.2) is 24.3 Å². The molecule has 0 heterocycles. The smallest absolute Gasteiger partial charge is 0.326 e. The molecule has 1 rings (SSSR count). The Morgan fingerprint density at radius 2 is 1.06 bits per heavy atom. The zero-order valence-corrected chi connectivity index (χ0v) is 28.3. The van der Waals surface area contributed by atoms with Crippen molar-refractivity contribution in [2.24, 2.45) is 29.0 Å². The van der Waals surface area contributed by atoms with E-state index in [0.717, 1.165) is 6.42 Å². The standard InChI is InChI=1S/C33H57N7O7/c1-20(2)17-26(38-29(42)24(36)9-5-7-15-34)31(44)37-25(10-6-8-16-35)30(43)39-27(18-21(3)4)32(45)40-28(33(46)47)19-22-11-13-23(41)14-12-22/h11-14,20-21,24-28,41H,5-10,15-19,34-36H2,1-4H3,(H,37,44)(H,38,42)(H,39,43)(H,40,45)(H,46,47)/t24-,25-,26-,27-,28-/m0/s1. The van der Waals surface area contributed by atoms with Crippen LogP contribution in [0.5, 0.6) is 5.75 Å². The van der Waals surface area contributed by atoms with Crippen LogP contribution < -0.4 is 38.5 Å². The summed E-state index contributed by atoms with van der Waals surface area (Å²) < 4.78 is 0. The molecule has 0 aromatic heterocycles. The number of hydrogen-bond acceptors (Lipinski definition) is 9. The fourth-order valence-corrected chi connectivity index (χ4v) is 4.97. The van der Waals surface area contributed by atoms with Crippen LogP contribution in [0, 0.1) is 11.8 Å². The van der Waals surface area contributed by atoms with E-state index in [9.17, 15) is 34.2 Å². The number of carboxylic acids is 1. The molecule has 0 spiro atoms. The fourth-order valence-electron chi connectivity index (χ4n) is 4.97. The van der Waals surface area contributed by atoms with Crippen molar-refractivity contribution in [2.75, 3.05) is 13.1 Å². The van der Waals surface area contributed by atoms with E-state index in [2.05, 4.69) is 21.3 Å². The molecule has 0 aliphatic carbocycles. The lowest BCUT2D eigenvalue weighted by Gasteiger charge is -2.27. The van der Waals surface area contributed by atoms with Gasteiger partial charge in [-0.2, -0.15) is 0 Å². The summed E-state index contributed by atoms with van der Waals surface area (Å²) in [4.78, 5) is 65.4. The van der Waals surface area contributed by atoms with E-state index in [1.165, 1.54) is 12.1 Å². The van der Waals surface area contributed by atoms with Crippen molar-refractivity contribution < 1.29 is 34.2 Å². The lowest BCUT2D eigenvalue weighted by Crippen LogP contribution is -2.58. The van der Waals surface area contributed by atoms with E-state index in [-0.39, 0.29) is 36.8 Å². The van der Waals surface area contributed by atoms with Gasteiger partial charge in [0, 0.05) is 6.42 Å². The summed E-state index contributed by atoms with van der Waals surface area (Å²) in [5, 5.41) is 30.1. The van der Waals surface area contributed by atoms with Crippen LogP contribution >= 0.6 is 0 Å². The van der Waals surface area contributed by atoms with E-state index in [1.807, 2.05) is 27.7 Å². The number of hydrogen-bond donors (Lipinski definition) is 9. The number of rotatable bonds is 23. The van der Waals surface area contributed by atoms with Gasteiger partial charge in [0.2, 0.25) is 23.6 Å². The summed E-state index contributed by atoms with van der Waals surface area (Å²) in [6.07, 6.45) is 3.62. The Labute approximate surface area is 278 Å². The van der Waals surface area contributed by atoms with Gasteiger partial charge in [-0.25, -0.2) is 4.79 Å². The van der Waals surface area contributed by atoms with E-state index < -0.39 is 59.8 Å². The molecule has 0 aliphatic heterocycles. The number of nitrogens with one attached hydrogen (secondary N) is 4. The van der Waals surface area contributed by atoms with Gasteiger partial charge in [-0.15, -0.1) is 0 Å². The molecular formula is C33H57N7O7. The largest absolute Gasteiger partial charge is 0.508 e.